The zero-order chi connectivity index (χ0) is 14.9. The third kappa shape index (κ3) is 9.67. The van der Waals surface area contributed by atoms with Gasteiger partial charge in [0.15, 0.2) is 0 Å². The van der Waals surface area contributed by atoms with Crippen molar-refractivity contribution < 1.29 is 8.42 Å². The van der Waals surface area contributed by atoms with E-state index in [0.717, 1.165) is 24.5 Å². The highest BCUT2D eigenvalue weighted by atomic mass is 32.2. The smallest absolute Gasteiger partial charge is 0.279 e. The number of hydrogen-bond donors (Lipinski definition) is 2. The van der Waals surface area contributed by atoms with E-state index in [1.807, 2.05) is 6.92 Å². The van der Waals surface area contributed by atoms with Gasteiger partial charge < -0.3 is 5.32 Å². The van der Waals surface area contributed by atoms with Gasteiger partial charge in [0.2, 0.25) is 0 Å². The van der Waals surface area contributed by atoms with Crippen molar-refractivity contribution in [3.05, 3.63) is 0 Å². The summed E-state index contributed by atoms with van der Waals surface area (Å²) in [7, 11) is -1.73. The van der Waals surface area contributed by atoms with Crippen molar-refractivity contribution in [2.45, 2.75) is 46.2 Å². The van der Waals surface area contributed by atoms with Crippen LogP contribution >= 0.6 is 11.8 Å². The highest BCUT2D eigenvalue weighted by Gasteiger charge is 2.19. The average Bonchev–Trinajstić information content (AvgIpc) is 2.30. The van der Waals surface area contributed by atoms with Crippen LogP contribution in [0.2, 0.25) is 0 Å². The second-order valence-electron chi connectivity index (χ2n) is 4.97. The predicted octanol–water partition coefficient (Wildman–Crippen LogP) is 1.28. The minimum absolute atomic E-state index is 0.0359. The van der Waals surface area contributed by atoms with Crippen LogP contribution in [-0.4, -0.2) is 56.4 Å². The van der Waals surface area contributed by atoms with Gasteiger partial charge >= 0.3 is 0 Å². The van der Waals surface area contributed by atoms with Crippen molar-refractivity contribution in [2.24, 2.45) is 0 Å². The SMILES string of the molecule is CCSCC(C)NS(=O)(=O)N(C)CCCNC(C)C. The van der Waals surface area contributed by atoms with Gasteiger partial charge in [0, 0.05) is 31.4 Å². The molecule has 1 unspecified atom stereocenters. The van der Waals surface area contributed by atoms with Crippen LogP contribution in [-0.2, 0) is 10.2 Å². The van der Waals surface area contributed by atoms with Crippen molar-refractivity contribution in [1.29, 1.82) is 0 Å². The summed E-state index contributed by atoms with van der Waals surface area (Å²) in [5.41, 5.74) is 0. The fourth-order valence-corrected chi connectivity index (χ4v) is 3.40. The molecule has 116 valence electrons. The van der Waals surface area contributed by atoms with E-state index in [0.29, 0.717) is 12.6 Å². The summed E-state index contributed by atoms with van der Waals surface area (Å²) >= 11 is 1.74. The van der Waals surface area contributed by atoms with Crippen LogP contribution in [0.1, 0.15) is 34.1 Å². The van der Waals surface area contributed by atoms with Gasteiger partial charge in [-0.15, -0.1) is 0 Å². The maximum absolute atomic E-state index is 12.0. The number of hydrogen-bond acceptors (Lipinski definition) is 4. The van der Waals surface area contributed by atoms with Crippen molar-refractivity contribution in [3.63, 3.8) is 0 Å². The van der Waals surface area contributed by atoms with Crippen molar-refractivity contribution in [3.8, 4) is 0 Å². The van der Waals surface area contributed by atoms with Crippen LogP contribution in [0.5, 0.6) is 0 Å². The molecule has 19 heavy (non-hydrogen) atoms. The molecule has 0 amide bonds. The molecule has 0 fully saturated rings. The first kappa shape index (κ1) is 19.2. The van der Waals surface area contributed by atoms with Gasteiger partial charge in [0.05, 0.1) is 0 Å². The van der Waals surface area contributed by atoms with E-state index in [-0.39, 0.29) is 6.04 Å². The van der Waals surface area contributed by atoms with E-state index in [1.54, 1.807) is 18.8 Å². The predicted molar refractivity (Wildman–Crippen MR) is 84.9 cm³/mol. The van der Waals surface area contributed by atoms with E-state index in [2.05, 4.69) is 30.8 Å². The number of rotatable bonds is 11. The minimum Gasteiger partial charge on any atom is -0.314 e. The standard InChI is InChI=1S/C12H29N3O2S2/c1-6-18-10-12(4)14-19(16,17)15(5)9-7-8-13-11(2)3/h11-14H,6-10H2,1-5H3. The molecule has 0 spiro atoms. The fraction of sp³-hybridized carbons (Fsp3) is 1.00. The van der Waals surface area contributed by atoms with Gasteiger partial charge in [-0.1, -0.05) is 20.8 Å². The Hall–Kier alpha value is 0.180. The summed E-state index contributed by atoms with van der Waals surface area (Å²) in [6.45, 7) is 9.49. The molecule has 7 heteroatoms. The van der Waals surface area contributed by atoms with Gasteiger partial charge in [-0.25, -0.2) is 0 Å². The van der Waals surface area contributed by atoms with Gasteiger partial charge in [-0.3, -0.25) is 0 Å². The van der Waals surface area contributed by atoms with Crippen molar-refractivity contribution in [2.75, 3.05) is 31.6 Å². The lowest BCUT2D eigenvalue weighted by molar-refractivity contribution is 0.435. The van der Waals surface area contributed by atoms with Crippen LogP contribution in [0.4, 0.5) is 0 Å². The highest BCUT2D eigenvalue weighted by molar-refractivity contribution is 7.99. The molecular formula is C12H29N3O2S2. The molecule has 0 aliphatic heterocycles. The molecule has 0 saturated heterocycles. The Morgan fingerprint density at radius 2 is 1.89 bits per heavy atom. The Labute approximate surface area is 123 Å². The highest BCUT2D eigenvalue weighted by Crippen LogP contribution is 2.04. The summed E-state index contributed by atoms with van der Waals surface area (Å²) in [5, 5.41) is 3.28. The summed E-state index contributed by atoms with van der Waals surface area (Å²) in [6, 6.07) is 0.400. The van der Waals surface area contributed by atoms with Crippen molar-refractivity contribution in [1.82, 2.24) is 14.3 Å². The summed E-state index contributed by atoms with van der Waals surface area (Å²) in [6.07, 6.45) is 0.813. The van der Waals surface area contributed by atoms with Gasteiger partial charge in [0.1, 0.15) is 0 Å². The molecule has 0 radical (unpaired) electrons. The lowest BCUT2D eigenvalue weighted by Gasteiger charge is -2.21. The lowest BCUT2D eigenvalue weighted by atomic mass is 10.3. The maximum atomic E-state index is 12.0. The quantitative estimate of drug-likeness (QED) is 0.564. The zero-order valence-corrected chi connectivity index (χ0v) is 14.4. The number of nitrogens with zero attached hydrogens (tertiary/aromatic N) is 1. The first-order valence-corrected chi connectivity index (χ1v) is 9.43. The molecule has 0 heterocycles. The number of nitrogens with one attached hydrogen (secondary N) is 2. The Bertz CT molecular complexity index is 321. The minimum atomic E-state index is -3.35. The fourth-order valence-electron chi connectivity index (χ4n) is 1.49. The van der Waals surface area contributed by atoms with E-state index in [9.17, 15) is 8.42 Å². The molecule has 0 saturated carbocycles. The molecule has 0 aliphatic rings. The van der Waals surface area contributed by atoms with E-state index >= 15 is 0 Å². The zero-order valence-electron chi connectivity index (χ0n) is 12.8. The molecular weight excluding hydrogens is 282 g/mol. The Kier molecular flexibility index (Phi) is 10.1. The first-order chi connectivity index (χ1) is 8.79. The molecule has 1 atom stereocenters. The molecule has 5 nitrogen and oxygen atoms in total. The molecule has 0 bridgehead atoms. The topological polar surface area (TPSA) is 61.4 Å². The third-order valence-electron chi connectivity index (χ3n) is 2.53. The molecule has 2 N–H and O–H groups in total. The van der Waals surface area contributed by atoms with E-state index in [4.69, 9.17) is 0 Å². The summed E-state index contributed by atoms with van der Waals surface area (Å²) < 4.78 is 28.1. The van der Waals surface area contributed by atoms with Crippen molar-refractivity contribution >= 4 is 22.0 Å². The molecule has 0 aliphatic carbocycles. The molecule has 0 rings (SSSR count). The van der Waals surface area contributed by atoms with Crippen LogP contribution in [0.15, 0.2) is 0 Å². The molecule has 0 aromatic rings. The van der Waals surface area contributed by atoms with Gasteiger partial charge in [-0.05, 0) is 25.6 Å². The van der Waals surface area contributed by atoms with Crippen LogP contribution in [0.25, 0.3) is 0 Å². The first-order valence-electron chi connectivity index (χ1n) is 6.84. The summed E-state index contributed by atoms with van der Waals surface area (Å²) in [5.74, 6) is 1.81. The average molecular weight is 312 g/mol. The second-order valence-corrected chi connectivity index (χ2v) is 8.10. The number of thioether (sulfide) groups is 1. The monoisotopic (exact) mass is 311 g/mol. The molecule has 0 aromatic heterocycles. The Balaban J connectivity index is 4.03. The Morgan fingerprint density at radius 1 is 1.26 bits per heavy atom. The van der Waals surface area contributed by atoms with Crippen LogP contribution in [0.3, 0.4) is 0 Å². The molecule has 0 aromatic carbocycles. The maximum Gasteiger partial charge on any atom is 0.279 e. The third-order valence-corrected chi connectivity index (χ3v) is 5.38. The lowest BCUT2D eigenvalue weighted by Crippen LogP contribution is -2.44. The van der Waals surface area contributed by atoms with Gasteiger partial charge in [-0.2, -0.15) is 29.2 Å². The largest absolute Gasteiger partial charge is 0.314 e. The van der Waals surface area contributed by atoms with Crippen LogP contribution < -0.4 is 10.0 Å². The normalized spacial score (nSPS) is 14.3. The second kappa shape index (κ2) is 9.99. The van der Waals surface area contributed by atoms with Crippen LogP contribution in [0, 0.1) is 0 Å². The Morgan fingerprint density at radius 3 is 2.42 bits per heavy atom. The van der Waals surface area contributed by atoms with E-state index < -0.39 is 10.2 Å². The van der Waals surface area contributed by atoms with Gasteiger partial charge in [0.25, 0.3) is 10.2 Å². The van der Waals surface area contributed by atoms with E-state index in [1.165, 1.54) is 4.31 Å². The summed E-state index contributed by atoms with van der Waals surface area (Å²) in [4.78, 5) is 0.